The molecule has 1 N–H and O–H groups in total. The van der Waals surface area contributed by atoms with Gasteiger partial charge >= 0.3 is 0 Å². The highest BCUT2D eigenvalue weighted by atomic mass is 19.1. The van der Waals surface area contributed by atoms with Gasteiger partial charge in [-0.2, -0.15) is 0 Å². The van der Waals surface area contributed by atoms with E-state index in [0.717, 1.165) is 44.6 Å². The maximum Gasteiger partial charge on any atom is 0.223 e. The summed E-state index contributed by atoms with van der Waals surface area (Å²) in [5.74, 6) is 1.06. The molecule has 2 aliphatic heterocycles. The van der Waals surface area contributed by atoms with Crippen LogP contribution in [-0.4, -0.2) is 43.2 Å². The molecule has 0 unspecified atom stereocenters. The average Bonchev–Trinajstić information content (AvgIpc) is 3.45. The van der Waals surface area contributed by atoms with Crippen molar-refractivity contribution in [1.82, 2.24) is 10.2 Å². The molecule has 1 amide bonds. The number of halogens is 1. The van der Waals surface area contributed by atoms with Gasteiger partial charge in [-0.05, 0) is 49.3 Å². The number of nitrogens with one attached hydrogen (secondary N) is 1. The van der Waals surface area contributed by atoms with E-state index >= 15 is 0 Å². The number of hydrogen-bond acceptors (Lipinski definition) is 3. The highest BCUT2D eigenvalue weighted by Gasteiger charge is 2.41. The topological polar surface area (TPSA) is 41.6 Å². The Balaban J connectivity index is 1.37. The lowest BCUT2D eigenvalue weighted by molar-refractivity contribution is -0.142. The van der Waals surface area contributed by atoms with E-state index in [1.54, 1.807) is 0 Å². The number of ether oxygens (including phenoxy) is 1. The summed E-state index contributed by atoms with van der Waals surface area (Å²) < 4.78 is 19.0. The fourth-order valence-corrected chi connectivity index (χ4v) is 4.20. The van der Waals surface area contributed by atoms with E-state index in [0.29, 0.717) is 12.5 Å². The lowest BCUT2D eigenvalue weighted by Crippen LogP contribution is -2.53. The fraction of sp³-hybridized carbons (Fsp3) is 0.650. The van der Waals surface area contributed by atoms with Crippen LogP contribution in [0.3, 0.4) is 0 Å². The Hall–Kier alpha value is -1.46. The second-order valence-electron chi connectivity index (χ2n) is 7.81. The molecule has 4 nitrogen and oxygen atoms in total. The summed E-state index contributed by atoms with van der Waals surface area (Å²) in [4.78, 5) is 15.0. The van der Waals surface area contributed by atoms with E-state index in [1.165, 1.54) is 25.0 Å². The molecular weight excluding hydrogens is 319 g/mol. The number of piperidine rings is 1. The Bertz CT molecular complexity index is 602. The van der Waals surface area contributed by atoms with Crippen molar-refractivity contribution in [1.29, 1.82) is 0 Å². The van der Waals surface area contributed by atoms with Gasteiger partial charge in [0.05, 0.1) is 6.10 Å². The maximum absolute atomic E-state index is 13.1. The number of carbonyl (C=O) groups excluding carboxylic acids is 1. The van der Waals surface area contributed by atoms with E-state index in [1.807, 2.05) is 12.1 Å². The predicted molar refractivity (Wildman–Crippen MR) is 93.4 cm³/mol. The molecular formula is C20H27FN2O2. The standard InChI is InChI=1S/C20H27FN2O2/c21-16-5-3-15(4-6-16)12-23-9-7-19-18(13-23)17(8-10-25-19)20(24)22-11-14-1-2-14/h3-6,14,17-19H,1-2,7-13H2,(H,22,24)/t17-,18+,19-/m1/s1. The smallest absolute Gasteiger partial charge is 0.223 e. The van der Waals surface area contributed by atoms with Crippen LogP contribution in [0.1, 0.15) is 31.2 Å². The van der Waals surface area contributed by atoms with Crippen LogP contribution >= 0.6 is 0 Å². The van der Waals surface area contributed by atoms with Gasteiger partial charge in [-0.1, -0.05) is 12.1 Å². The molecule has 3 fully saturated rings. The zero-order valence-corrected chi connectivity index (χ0v) is 14.6. The van der Waals surface area contributed by atoms with Crippen LogP contribution in [0.15, 0.2) is 24.3 Å². The maximum atomic E-state index is 13.1. The van der Waals surface area contributed by atoms with Crippen molar-refractivity contribution in [3.8, 4) is 0 Å². The summed E-state index contributed by atoms with van der Waals surface area (Å²) in [6, 6.07) is 6.72. The minimum atomic E-state index is -0.199. The molecule has 5 heteroatoms. The van der Waals surface area contributed by atoms with Gasteiger partial charge in [0.25, 0.3) is 0 Å². The molecule has 2 saturated heterocycles. The first-order valence-corrected chi connectivity index (χ1v) is 9.55. The van der Waals surface area contributed by atoms with Crippen molar-refractivity contribution in [3.05, 3.63) is 35.6 Å². The first kappa shape index (κ1) is 17.0. The third-order valence-corrected chi connectivity index (χ3v) is 5.87. The monoisotopic (exact) mass is 346 g/mol. The molecule has 4 rings (SSSR count). The predicted octanol–water partition coefficient (Wildman–Crippen LogP) is 2.58. The van der Waals surface area contributed by atoms with Crippen LogP contribution in [0.2, 0.25) is 0 Å². The molecule has 3 atom stereocenters. The van der Waals surface area contributed by atoms with Crippen LogP contribution in [0.25, 0.3) is 0 Å². The molecule has 0 bridgehead atoms. The van der Waals surface area contributed by atoms with Gasteiger partial charge in [0.1, 0.15) is 5.82 Å². The van der Waals surface area contributed by atoms with Gasteiger partial charge in [0.2, 0.25) is 5.91 Å². The zero-order chi connectivity index (χ0) is 17.2. The summed E-state index contributed by atoms with van der Waals surface area (Å²) in [5.41, 5.74) is 1.12. The molecule has 1 aliphatic carbocycles. The number of likely N-dealkylation sites (tertiary alicyclic amines) is 1. The summed E-state index contributed by atoms with van der Waals surface area (Å²) in [7, 11) is 0. The van der Waals surface area contributed by atoms with Gasteiger partial charge in [-0.25, -0.2) is 4.39 Å². The van der Waals surface area contributed by atoms with Crippen molar-refractivity contribution in [2.75, 3.05) is 26.2 Å². The van der Waals surface area contributed by atoms with Crippen molar-refractivity contribution < 1.29 is 13.9 Å². The van der Waals surface area contributed by atoms with Gasteiger partial charge in [0, 0.05) is 44.6 Å². The highest BCUT2D eigenvalue weighted by molar-refractivity contribution is 5.79. The molecule has 136 valence electrons. The zero-order valence-electron chi connectivity index (χ0n) is 14.6. The number of rotatable bonds is 5. The lowest BCUT2D eigenvalue weighted by Gasteiger charge is -2.44. The molecule has 25 heavy (non-hydrogen) atoms. The Morgan fingerprint density at radius 2 is 2.00 bits per heavy atom. The Labute approximate surface area is 148 Å². The Kier molecular flexibility index (Phi) is 5.04. The summed E-state index contributed by atoms with van der Waals surface area (Å²) in [6.07, 6.45) is 4.51. The van der Waals surface area contributed by atoms with E-state index in [4.69, 9.17) is 4.74 Å². The van der Waals surface area contributed by atoms with Gasteiger partial charge < -0.3 is 10.1 Å². The SMILES string of the molecule is O=C(NCC1CC1)[C@@H]1CCO[C@@H]2CCN(Cc3ccc(F)cc3)C[C@H]21. The average molecular weight is 346 g/mol. The lowest BCUT2D eigenvalue weighted by atomic mass is 9.79. The first-order valence-electron chi connectivity index (χ1n) is 9.55. The van der Waals surface area contributed by atoms with Crippen molar-refractivity contribution in [2.24, 2.45) is 17.8 Å². The minimum Gasteiger partial charge on any atom is -0.378 e. The third kappa shape index (κ3) is 4.21. The molecule has 0 spiro atoms. The highest BCUT2D eigenvalue weighted by Crippen LogP contribution is 2.34. The van der Waals surface area contributed by atoms with E-state index in [2.05, 4.69) is 10.2 Å². The third-order valence-electron chi connectivity index (χ3n) is 5.87. The molecule has 1 aromatic rings. The molecule has 1 saturated carbocycles. The Morgan fingerprint density at radius 1 is 1.20 bits per heavy atom. The van der Waals surface area contributed by atoms with Crippen molar-refractivity contribution >= 4 is 5.91 Å². The van der Waals surface area contributed by atoms with Crippen LogP contribution < -0.4 is 5.32 Å². The van der Waals surface area contributed by atoms with E-state index in [-0.39, 0.29) is 29.7 Å². The number of nitrogens with zero attached hydrogens (tertiary/aromatic N) is 1. The molecule has 1 aromatic carbocycles. The minimum absolute atomic E-state index is 0.0634. The molecule has 2 heterocycles. The largest absolute Gasteiger partial charge is 0.378 e. The number of hydrogen-bond donors (Lipinski definition) is 1. The van der Waals surface area contributed by atoms with Crippen molar-refractivity contribution in [2.45, 2.75) is 38.3 Å². The molecule has 0 aromatic heterocycles. The van der Waals surface area contributed by atoms with Crippen LogP contribution in [0, 0.1) is 23.6 Å². The summed E-state index contributed by atoms with van der Waals surface area (Å²) in [6.45, 7) is 4.19. The number of benzene rings is 1. The second kappa shape index (κ2) is 7.42. The Morgan fingerprint density at radius 3 is 2.76 bits per heavy atom. The van der Waals surface area contributed by atoms with Gasteiger partial charge in [0.15, 0.2) is 0 Å². The second-order valence-corrected chi connectivity index (χ2v) is 7.81. The normalized spacial score (nSPS) is 29.9. The number of amides is 1. The fourth-order valence-electron chi connectivity index (χ4n) is 4.20. The molecule has 0 radical (unpaired) electrons. The summed E-state index contributed by atoms with van der Waals surface area (Å²) in [5, 5.41) is 3.16. The van der Waals surface area contributed by atoms with Gasteiger partial charge in [-0.3, -0.25) is 9.69 Å². The number of carbonyl (C=O) groups is 1. The van der Waals surface area contributed by atoms with Crippen molar-refractivity contribution in [3.63, 3.8) is 0 Å². The van der Waals surface area contributed by atoms with Crippen LogP contribution in [0.5, 0.6) is 0 Å². The summed E-state index contributed by atoms with van der Waals surface area (Å²) >= 11 is 0. The van der Waals surface area contributed by atoms with Crippen LogP contribution in [0.4, 0.5) is 4.39 Å². The first-order chi connectivity index (χ1) is 12.2. The number of fused-ring (bicyclic) bond motifs is 1. The quantitative estimate of drug-likeness (QED) is 0.891. The molecule has 3 aliphatic rings. The van der Waals surface area contributed by atoms with Crippen LogP contribution in [-0.2, 0) is 16.1 Å². The van der Waals surface area contributed by atoms with E-state index < -0.39 is 0 Å². The van der Waals surface area contributed by atoms with E-state index in [9.17, 15) is 9.18 Å². The van der Waals surface area contributed by atoms with Gasteiger partial charge in [-0.15, -0.1) is 0 Å².